The first kappa shape index (κ1) is 7.91. The Morgan fingerprint density at radius 3 is 2.82 bits per heavy atom. The molecule has 0 aliphatic heterocycles. The highest BCUT2D eigenvalue weighted by atomic mass is 16.5. The molecule has 0 bridgehead atoms. The minimum absolute atomic E-state index is 0.518. The van der Waals surface area contributed by atoms with E-state index >= 15 is 0 Å². The van der Waals surface area contributed by atoms with E-state index in [1.807, 2.05) is 13.8 Å². The lowest BCUT2D eigenvalue weighted by atomic mass is 10.4. The zero-order valence-corrected chi connectivity index (χ0v) is 6.97. The number of H-pyrrole nitrogens is 1. The number of nitrogens with one attached hydrogen (secondary N) is 1. The van der Waals surface area contributed by atoms with Gasteiger partial charge in [-0.25, -0.2) is 0 Å². The molecule has 0 saturated heterocycles. The van der Waals surface area contributed by atoms with E-state index in [9.17, 15) is 0 Å². The number of aromatic nitrogens is 2. The topological polar surface area (TPSA) is 47.1 Å². The first-order valence-corrected chi connectivity index (χ1v) is 3.51. The van der Waals surface area contributed by atoms with Crippen molar-refractivity contribution in [2.45, 2.75) is 13.8 Å². The van der Waals surface area contributed by atoms with E-state index in [0.717, 1.165) is 5.69 Å². The molecule has 1 rings (SSSR count). The second kappa shape index (κ2) is 3.27. The quantitative estimate of drug-likeness (QED) is 0.713. The fraction of sp³-hybridized carbons (Fsp3) is 0.571. The highest BCUT2D eigenvalue weighted by Gasteiger charge is 2.10. The van der Waals surface area contributed by atoms with Gasteiger partial charge in [0, 0.05) is 0 Å². The highest BCUT2D eigenvalue weighted by Crippen LogP contribution is 2.26. The van der Waals surface area contributed by atoms with Crippen LogP contribution in [0.2, 0.25) is 0 Å². The van der Waals surface area contributed by atoms with Gasteiger partial charge in [0.1, 0.15) is 0 Å². The van der Waals surface area contributed by atoms with Crippen molar-refractivity contribution in [1.82, 2.24) is 10.2 Å². The zero-order valence-electron chi connectivity index (χ0n) is 6.97. The summed E-state index contributed by atoms with van der Waals surface area (Å²) in [4.78, 5) is 0. The van der Waals surface area contributed by atoms with Gasteiger partial charge in [0.25, 0.3) is 5.88 Å². The Balaban J connectivity index is 2.88. The Labute approximate surface area is 65.5 Å². The summed E-state index contributed by atoms with van der Waals surface area (Å²) in [6.45, 7) is 4.43. The maximum Gasteiger partial charge on any atom is 0.275 e. The lowest BCUT2D eigenvalue weighted by molar-refractivity contribution is 0.306. The lowest BCUT2D eigenvalue weighted by Gasteiger charge is -2.01. The van der Waals surface area contributed by atoms with Crippen LogP contribution in [0.3, 0.4) is 0 Å². The Bertz CT molecular complexity index is 232. The smallest absolute Gasteiger partial charge is 0.275 e. The number of hydrogen-bond acceptors (Lipinski definition) is 3. The molecule has 1 heterocycles. The second-order valence-corrected chi connectivity index (χ2v) is 2.12. The second-order valence-electron chi connectivity index (χ2n) is 2.12. The lowest BCUT2D eigenvalue weighted by Crippen LogP contribution is -1.94. The van der Waals surface area contributed by atoms with Gasteiger partial charge in [0.2, 0.25) is 5.75 Å². The summed E-state index contributed by atoms with van der Waals surface area (Å²) in [5.74, 6) is 1.22. The molecule has 0 aliphatic rings. The molecule has 0 radical (unpaired) electrons. The van der Waals surface area contributed by atoms with Crippen LogP contribution in [0.25, 0.3) is 0 Å². The maximum absolute atomic E-state index is 5.28. The maximum atomic E-state index is 5.28. The van der Waals surface area contributed by atoms with Crippen molar-refractivity contribution in [1.29, 1.82) is 0 Å². The van der Waals surface area contributed by atoms with Crippen molar-refractivity contribution < 1.29 is 9.47 Å². The molecule has 0 unspecified atom stereocenters. The summed E-state index contributed by atoms with van der Waals surface area (Å²) in [7, 11) is 1.57. The molecule has 0 atom stereocenters. The summed E-state index contributed by atoms with van der Waals surface area (Å²) in [5, 5.41) is 6.65. The number of aromatic amines is 1. The summed E-state index contributed by atoms with van der Waals surface area (Å²) >= 11 is 0. The number of rotatable bonds is 3. The normalized spacial score (nSPS) is 9.73. The van der Waals surface area contributed by atoms with Crippen molar-refractivity contribution in [3.8, 4) is 11.6 Å². The zero-order chi connectivity index (χ0) is 8.27. The van der Waals surface area contributed by atoms with E-state index in [4.69, 9.17) is 9.47 Å². The summed E-state index contributed by atoms with van der Waals surface area (Å²) in [6.07, 6.45) is 0. The molecule has 0 amide bonds. The molecule has 0 aliphatic carbocycles. The predicted octanol–water partition coefficient (Wildman–Crippen LogP) is 1.13. The predicted molar refractivity (Wildman–Crippen MR) is 41.0 cm³/mol. The first-order chi connectivity index (χ1) is 5.29. The molecule has 1 N–H and O–H groups in total. The molecule has 11 heavy (non-hydrogen) atoms. The third kappa shape index (κ3) is 1.45. The molecule has 1 aromatic heterocycles. The summed E-state index contributed by atoms with van der Waals surface area (Å²) < 4.78 is 10.2. The molecule has 0 saturated carbocycles. The van der Waals surface area contributed by atoms with Crippen LogP contribution in [0, 0.1) is 6.92 Å². The van der Waals surface area contributed by atoms with Gasteiger partial charge in [-0.1, -0.05) is 0 Å². The summed E-state index contributed by atoms with van der Waals surface area (Å²) in [6, 6.07) is 0. The third-order valence-electron chi connectivity index (χ3n) is 1.34. The number of nitrogens with zero attached hydrogens (tertiary/aromatic N) is 1. The van der Waals surface area contributed by atoms with Crippen molar-refractivity contribution in [2.75, 3.05) is 13.7 Å². The van der Waals surface area contributed by atoms with Gasteiger partial charge in [-0.15, -0.1) is 5.10 Å². The number of aryl methyl sites for hydroxylation is 1. The van der Waals surface area contributed by atoms with Gasteiger partial charge in [-0.05, 0) is 13.8 Å². The van der Waals surface area contributed by atoms with Crippen LogP contribution in [-0.2, 0) is 0 Å². The fourth-order valence-corrected chi connectivity index (χ4v) is 0.849. The van der Waals surface area contributed by atoms with Crippen LogP contribution in [0.15, 0.2) is 0 Å². The monoisotopic (exact) mass is 156 g/mol. The third-order valence-corrected chi connectivity index (χ3v) is 1.34. The van der Waals surface area contributed by atoms with Crippen LogP contribution in [-0.4, -0.2) is 23.9 Å². The van der Waals surface area contributed by atoms with E-state index in [1.54, 1.807) is 7.11 Å². The molecule has 0 spiro atoms. The Kier molecular flexibility index (Phi) is 2.36. The van der Waals surface area contributed by atoms with Crippen molar-refractivity contribution in [2.24, 2.45) is 0 Å². The van der Waals surface area contributed by atoms with Crippen LogP contribution in [0.4, 0.5) is 0 Å². The molecule has 62 valence electrons. The van der Waals surface area contributed by atoms with Crippen molar-refractivity contribution in [3.63, 3.8) is 0 Å². The van der Waals surface area contributed by atoms with Gasteiger partial charge < -0.3 is 9.47 Å². The SMILES string of the molecule is CCOc1c(OC)n[nH]c1C. The largest absolute Gasteiger partial charge is 0.487 e. The van der Waals surface area contributed by atoms with Crippen LogP contribution in [0.1, 0.15) is 12.6 Å². The minimum atomic E-state index is 0.518. The Morgan fingerprint density at radius 1 is 1.55 bits per heavy atom. The Hall–Kier alpha value is -1.19. The van der Waals surface area contributed by atoms with Crippen molar-refractivity contribution in [3.05, 3.63) is 5.69 Å². The number of hydrogen-bond donors (Lipinski definition) is 1. The molecular formula is C7H12N2O2. The standard InChI is InChI=1S/C7H12N2O2/c1-4-11-6-5(2)8-9-7(6)10-3/h4H2,1-3H3,(H,8,9). The molecule has 1 aromatic rings. The molecule has 4 heteroatoms. The van der Waals surface area contributed by atoms with Crippen molar-refractivity contribution >= 4 is 0 Å². The van der Waals surface area contributed by atoms with Gasteiger partial charge in [-0.2, -0.15) is 0 Å². The number of methoxy groups -OCH3 is 1. The van der Waals surface area contributed by atoms with Gasteiger partial charge in [0.05, 0.1) is 19.4 Å². The molecule has 0 aromatic carbocycles. The van der Waals surface area contributed by atoms with E-state index < -0.39 is 0 Å². The van der Waals surface area contributed by atoms with Gasteiger partial charge in [-0.3, -0.25) is 5.10 Å². The highest BCUT2D eigenvalue weighted by molar-refractivity contribution is 5.36. The minimum Gasteiger partial charge on any atom is -0.487 e. The summed E-state index contributed by atoms with van der Waals surface area (Å²) in [5.41, 5.74) is 0.892. The number of ether oxygens (including phenoxy) is 2. The van der Waals surface area contributed by atoms with Crippen LogP contribution >= 0.6 is 0 Å². The van der Waals surface area contributed by atoms with Crippen LogP contribution in [0.5, 0.6) is 11.6 Å². The van der Waals surface area contributed by atoms with E-state index in [2.05, 4.69) is 10.2 Å². The van der Waals surface area contributed by atoms with Gasteiger partial charge >= 0.3 is 0 Å². The van der Waals surface area contributed by atoms with E-state index in [0.29, 0.717) is 18.2 Å². The van der Waals surface area contributed by atoms with E-state index in [-0.39, 0.29) is 0 Å². The average Bonchev–Trinajstić information content (AvgIpc) is 2.34. The van der Waals surface area contributed by atoms with Crippen LogP contribution < -0.4 is 9.47 Å². The molecule has 4 nitrogen and oxygen atoms in total. The van der Waals surface area contributed by atoms with E-state index in [1.165, 1.54) is 0 Å². The first-order valence-electron chi connectivity index (χ1n) is 3.51. The Morgan fingerprint density at radius 2 is 2.27 bits per heavy atom. The molecule has 0 fully saturated rings. The fourth-order valence-electron chi connectivity index (χ4n) is 0.849. The van der Waals surface area contributed by atoms with Gasteiger partial charge in [0.15, 0.2) is 0 Å². The average molecular weight is 156 g/mol. The molecular weight excluding hydrogens is 144 g/mol.